The van der Waals surface area contributed by atoms with Crippen molar-refractivity contribution >= 4 is 17.5 Å². The predicted octanol–water partition coefficient (Wildman–Crippen LogP) is 3.86. The van der Waals surface area contributed by atoms with Gasteiger partial charge in [-0.1, -0.05) is 47.7 Å². The maximum atomic E-state index is 13.7. The number of hydrogen-bond acceptors (Lipinski definition) is 2. The first-order valence-corrected chi connectivity index (χ1v) is 9.35. The fraction of sp³-hybridized carbons (Fsp3) is 0.318. The van der Waals surface area contributed by atoms with Gasteiger partial charge in [0.15, 0.2) is 0 Å². The van der Waals surface area contributed by atoms with Crippen molar-refractivity contribution in [2.45, 2.75) is 43.7 Å². The molecule has 0 saturated heterocycles. The Labute approximate surface area is 163 Å². The standard InChI is InChI=1S/C22H21ClFNO2/c23-18-7-3-5-16(13-18)10-12-22(27)11-4-8-19(15-22)25-21(26)14-17-6-1-2-9-20(17)24/h1-3,5-7,9,13,19,27H,4,8,11,14-15H2,(H,25,26)/t19-,22+/m0/s1. The molecular weight excluding hydrogens is 365 g/mol. The van der Waals surface area contributed by atoms with Crippen LogP contribution >= 0.6 is 11.6 Å². The van der Waals surface area contributed by atoms with Crippen molar-refractivity contribution < 1.29 is 14.3 Å². The molecule has 3 nitrogen and oxygen atoms in total. The zero-order valence-corrected chi connectivity index (χ0v) is 15.6. The van der Waals surface area contributed by atoms with E-state index in [9.17, 15) is 14.3 Å². The third-order valence-corrected chi connectivity index (χ3v) is 4.90. The van der Waals surface area contributed by atoms with Crippen LogP contribution in [0.5, 0.6) is 0 Å². The van der Waals surface area contributed by atoms with Gasteiger partial charge in [0, 0.05) is 23.0 Å². The molecule has 2 aromatic carbocycles. The number of hydrogen-bond donors (Lipinski definition) is 2. The van der Waals surface area contributed by atoms with Gasteiger partial charge in [0.2, 0.25) is 5.91 Å². The molecule has 1 saturated carbocycles. The van der Waals surface area contributed by atoms with Gasteiger partial charge < -0.3 is 10.4 Å². The zero-order valence-electron chi connectivity index (χ0n) is 14.8. The van der Waals surface area contributed by atoms with E-state index in [1.807, 2.05) is 12.1 Å². The van der Waals surface area contributed by atoms with Gasteiger partial charge in [-0.15, -0.1) is 0 Å². The highest BCUT2D eigenvalue weighted by atomic mass is 35.5. The molecule has 5 heteroatoms. The number of benzene rings is 2. The third-order valence-electron chi connectivity index (χ3n) is 4.67. The van der Waals surface area contributed by atoms with Crippen LogP contribution in [-0.2, 0) is 11.2 Å². The fourth-order valence-electron chi connectivity index (χ4n) is 3.34. The third kappa shape index (κ3) is 5.56. The van der Waals surface area contributed by atoms with E-state index >= 15 is 0 Å². The normalized spacial score (nSPS) is 21.8. The van der Waals surface area contributed by atoms with E-state index in [0.717, 1.165) is 18.4 Å². The van der Waals surface area contributed by atoms with Crippen LogP contribution in [0.3, 0.4) is 0 Å². The first-order valence-electron chi connectivity index (χ1n) is 8.97. The molecule has 2 aromatic rings. The molecular formula is C22H21ClFNO2. The molecule has 1 aliphatic carbocycles. The summed E-state index contributed by atoms with van der Waals surface area (Å²) >= 11 is 5.95. The van der Waals surface area contributed by atoms with Crippen molar-refractivity contribution in [1.29, 1.82) is 0 Å². The molecule has 0 bridgehead atoms. The molecule has 3 rings (SSSR count). The molecule has 0 radical (unpaired) electrons. The van der Waals surface area contributed by atoms with Crippen LogP contribution in [0, 0.1) is 17.7 Å². The van der Waals surface area contributed by atoms with E-state index in [1.165, 1.54) is 6.07 Å². The lowest BCUT2D eigenvalue weighted by Gasteiger charge is -2.33. The number of rotatable bonds is 3. The second kappa shape index (κ2) is 8.56. The molecule has 1 fully saturated rings. The first-order chi connectivity index (χ1) is 12.9. The van der Waals surface area contributed by atoms with E-state index in [4.69, 9.17) is 11.6 Å². The highest BCUT2D eigenvalue weighted by Crippen LogP contribution is 2.28. The minimum absolute atomic E-state index is 0.0181. The lowest BCUT2D eigenvalue weighted by atomic mass is 9.82. The Morgan fingerprint density at radius 1 is 1.30 bits per heavy atom. The van der Waals surface area contributed by atoms with Gasteiger partial charge in [-0.2, -0.15) is 0 Å². The summed E-state index contributed by atoms with van der Waals surface area (Å²) in [6.07, 6.45) is 2.41. The first kappa shape index (κ1) is 19.4. The Hall–Kier alpha value is -2.35. The Morgan fingerprint density at radius 3 is 2.89 bits per heavy atom. The molecule has 0 aromatic heterocycles. The largest absolute Gasteiger partial charge is 0.378 e. The van der Waals surface area contributed by atoms with Crippen LogP contribution in [0.25, 0.3) is 0 Å². The minimum Gasteiger partial charge on any atom is -0.378 e. The van der Waals surface area contributed by atoms with Gasteiger partial charge in [-0.25, -0.2) is 4.39 Å². The summed E-state index contributed by atoms with van der Waals surface area (Å²) in [6, 6.07) is 13.2. The smallest absolute Gasteiger partial charge is 0.224 e. The van der Waals surface area contributed by atoms with Crippen molar-refractivity contribution in [2.24, 2.45) is 0 Å². The number of carbonyl (C=O) groups is 1. The number of carbonyl (C=O) groups excluding carboxylic acids is 1. The SMILES string of the molecule is O=C(Cc1ccccc1F)N[C@H]1CCC[C@@](O)(C#Cc2cccc(Cl)c2)C1. The molecule has 2 N–H and O–H groups in total. The van der Waals surface area contributed by atoms with Gasteiger partial charge >= 0.3 is 0 Å². The topological polar surface area (TPSA) is 49.3 Å². The molecule has 0 heterocycles. The average Bonchev–Trinajstić information content (AvgIpc) is 2.62. The monoisotopic (exact) mass is 385 g/mol. The Balaban J connectivity index is 1.62. The molecule has 0 unspecified atom stereocenters. The minimum atomic E-state index is -1.16. The molecule has 140 valence electrons. The number of halogens is 2. The van der Waals surface area contributed by atoms with Crippen LogP contribution in [0.1, 0.15) is 36.8 Å². The van der Waals surface area contributed by atoms with Crippen molar-refractivity contribution in [2.75, 3.05) is 0 Å². The van der Waals surface area contributed by atoms with E-state index < -0.39 is 5.60 Å². The Morgan fingerprint density at radius 2 is 2.11 bits per heavy atom. The fourth-order valence-corrected chi connectivity index (χ4v) is 3.53. The lowest BCUT2D eigenvalue weighted by Crippen LogP contribution is -2.45. The van der Waals surface area contributed by atoms with Crippen molar-refractivity contribution in [3.05, 3.63) is 70.5 Å². The van der Waals surface area contributed by atoms with E-state index in [2.05, 4.69) is 17.2 Å². The van der Waals surface area contributed by atoms with Crippen molar-refractivity contribution in [3.63, 3.8) is 0 Å². The van der Waals surface area contributed by atoms with Crippen molar-refractivity contribution in [3.8, 4) is 11.8 Å². The number of amides is 1. The molecule has 1 aliphatic rings. The van der Waals surface area contributed by atoms with Gasteiger partial charge in [-0.05, 0) is 49.1 Å². The van der Waals surface area contributed by atoms with Crippen LogP contribution in [0.4, 0.5) is 4.39 Å². The Kier molecular flexibility index (Phi) is 6.15. The van der Waals surface area contributed by atoms with Crippen molar-refractivity contribution in [1.82, 2.24) is 5.32 Å². The molecule has 0 spiro atoms. The Bertz CT molecular complexity index is 889. The van der Waals surface area contributed by atoms with E-state index in [1.54, 1.807) is 30.3 Å². The van der Waals surface area contributed by atoms with Gasteiger partial charge in [0.1, 0.15) is 11.4 Å². The van der Waals surface area contributed by atoms with Gasteiger partial charge in [0.05, 0.1) is 6.42 Å². The molecule has 0 aliphatic heterocycles. The van der Waals surface area contributed by atoms with E-state index in [0.29, 0.717) is 23.4 Å². The maximum Gasteiger partial charge on any atom is 0.224 e. The molecule has 27 heavy (non-hydrogen) atoms. The van der Waals surface area contributed by atoms with Gasteiger partial charge in [0.25, 0.3) is 0 Å². The second-order valence-electron chi connectivity index (χ2n) is 6.92. The number of aliphatic hydroxyl groups is 1. The second-order valence-corrected chi connectivity index (χ2v) is 7.36. The van der Waals surface area contributed by atoms with E-state index in [-0.39, 0.29) is 24.2 Å². The predicted molar refractivity (Wildman–Crippen MR) is 104 cm³/mol. The van der Waals surface area contributed by atoms with Crippen LogP contribution in [0.15, 0.2) is 48.5 Å². The average molecular weight is 386 g/mol. The highest BCUT2D eigenvalue weighted by molar-refractivity contribution is 6.30. The van der Waals surface area contributed by atoms with Crippen LogP contribution < -0.4 is 5.32 Å². The molecule has 1 amide bonds. The summed E-state index contributed by atoms with van der Waals surface area (Å²) in [5.41, 5.74) is -0.0558. The summed E-state index contributed by atoms with van der Waals surface area (Å²) < 4.78 is 13.7. The number of nitrogens with one attached hydrogen (secondary N) is 1. The maximum absolute atomic E-state index is 13.7. The summed E-state index contributed by atoms with van der Waals surface area (Å²) in [5.74, 6) is 5.27. The summed E-state index contributed by atoms with van der Waals surface area (Å²) in [6.45, 7) is 0. The molecule has 2 atom stereocenters. The van der Waals surface area contributed by atoms with Crippen LogP contribution in [0.2, 0.25) is 5.02 Å². The lowest BCUT2D eigenvalue weighted by molar-refractivity contribution is -0.121. The van der Waals surface area contributed by atoms with Gasteiger partial charge in [-0.3, -0.25) is 4.79 Å². The zero-order chi connectivity index (χ0) is 19.3. The summed E-state index contributed by atoms with van der Waals surface area (Å²) in [4.78, 5) is 12.3. The van der Waals surface area contributed by atoms with Crippen LogP contribution in [-0.4, -0.2) is 22.7 Å². The quantitative estimate of drug-likeness (QED) is 0.788. The summed E-state index contributed by atoms with van der Waals surface area (Å²) in [5, 5.41) is 14.3. The summed E-state index contributed by atoms with van der Waals surface area (Å²) in [7, 11) is 0. The highest BCUT2D eigenvalue weighted by Gasteiger charge is 2.33.